The van der Waals surface area contributed by atoms with E-state index in [1.165, 1.54) is 18.6 Å². The van der Waals surface area contributed by atoms with Crippen molar-refractivity contribution in [3.63, 3.8) is 0 Å². The largest absolute Gasteiger partial charge is 0.320 e. The van der Waals surface area contributed by atoms with E-state index in [0.717, 1.165) is 12.1 Å². The van der Waals surface area contributed by atoms with Crippen molar-refractivity contribution < 1.29 is 4.79 Å². The molecule has 0 radical (unpaired) electrons. The lowest BCUT2D eigenvalue weighted by Crippen LogP contribution is -2.13. The molecule has 0 unspecified atom stereocenters. The number of nitrogens with one attached hydrogen (secondary N) is 2. The van der Waals surface area contributed by atoms with Crippen molar-refractivity contribution in [2.24, 2.45) is 0 Å². The summed E-state index contributed by atoms with van der Waals surface area (Å²) in [7, 11) is 0. The third-order valence-corrected chi connectivity index (χ3v) is 2.16. The molecule has 0 spiro atoms. The highest BCUT2D eigenvalue weighted by Crippen LogP contribution is 2.09. The normalized spacial score (nSPS) is 10.1. The predicted molar refractivity (Wildman–Crippen MR) is 58.0 cm³/mol. The zero-order chi connectivity index (χ0) is 11.4. The number of hydrogen-bond donors (Lipinski definition) is 2. The predicted octanol–water partition coefficient (Wildman–Crippen LogP) is 1.01. The highest BCUT2D eigenvalue weighted by molar-refractivity contribution is 6.04. The number of nitrogens with zero attached hydrogens (tertiary/aromatic N) is 3. The van der Waals surface area contributed by atoms with E-state index in [1.54, 1.807) is 6.07 Å². The van der Waals surface area contributed by atoms with Crippen LogP contribution in [0.1, 0.15) is 23.0 Å². The Bertz CT molecular complexity index is 479. The number of carbonyl (C=O) groups excluding carboxylic acids is 1. The average molecular weight is 217 g/mol. The van der Waals surface area contributed by atoms with Gasteiger partial charge in [0.05, 0.1) is 29.8 Å². The first-order chi connectivity index (χ1) is 7.81. The molecule has 2 N–H and O–H groups in total. The number of amides is 1. The summed E-state index contributed by atoms with van der Waals surface area (Å²) in [6, 6.07) is 1.68. The van der Waals surface area contributed by atoms with Gasteiger partial charge in [0, 0.05) is 5.69 Å². The molecule has 0 aliphatic carbocycles. The van der Waals surface area contributed by atoms with Gasteiger partial charge < -0.3 is 5.32 Å². The smallest absolute Gasteiger partial charge is 0.259 e. The summed E-state index contributed by atoms with van der Waals surface area (Å²) >= 11 is 0. The van der Waals surface area contributed by atoms with Crippen molar-refractivity contribution in [3.05, 3.63) is 35.9 Å². The Hall–Kier alpha value is -2.24. The molecule has 0 aromatic carbocycles. The maximum absolute atomic E-state index is 11.8. The third-order valence-electron chi connectivity index (χ3n) is 2.16. The van der Waals surface area contributed by atoms with Gasteiger partial charge >= 0.3 is 0 Å². The van der Waals surface area contributed by atoms with Crippen molar-refractivity contribution in [2.45, 2.75) is 13.3 Å². The van der Waals surface area contributed by atoms with Gasteiger partial charge in [-0.25, -0.2) is 0 Å². The molecule has 0 bridgehead atoms. The van der Waals surface area contributed by atoms with E-state index in [9.17, 15) is 4.79 Å². The van der Waals surface area contributed by atoms with E-state index in [-0.39, 0.29) is 5.91 Å². The first-order valence-electron chi connectivity index (χ1n) is 4.91. The van der Waals surface area contributed by atoms with Crippen LogP contribution in [0.5, 0.6) is 0 Å². The van der Waals surface area contributed by atoms with Gasteiger partial charge in [-0.3, -0.25) is 9.89 Å². The maximum atomic E-state index is 11.8. The lowest BCUT2D eigenvalue weighted by molar-refractivity contribution is 0.102. The Labute approximate surface area is 92.1 Å². The summed E-state index contributed by atoms with van der Waals surface area (Å²) in [5.74, 6) is -0.196. The van der Waals surface area contributed by atoms with Crippen molar-refractivity contribution >= 4 is 11.6 Å². The van der Waals surface area contributed by atoms with Gasteiger partial charge in [0.1, 0.15) is 0 Å². The van der Waals surface area contributed by atoms with Gasteiger partial charge in [-0.2, -0.15) is 15.3 Å². The summed E-state index contributed by atoms with van der Waals surface area (Å²) in [4.78, 5) is 11.8. The van der Waals surface area contributed by atoms with Crippen LogP contribution >= 0.6 is 0 Å². The van der Waals surface area contributed by atoms with Gasteiger partial charge in [-0.05, 0) is 12.5 Å². The molecule has 0 aliphatic rings. The van der Waals surface area contributed by atoms with Crippen LogP contribution in [-0.2, 0) is 6.42 Å². The molecule has 2 aromatic heterocycles. The van der Waals surface area contributed by atoms with Crippen LogP contribution in [0, 0.1) is 0 Å². The highest BCUT2D eigenvalue weighted by Gasteiger charge is 2.12. The fraction of sp³-hybridized carbons (Fsp3) is 0.200. The molecule has 6 heteroatoms. The average Bonchev–Trinajstić information content (AvgIpc) is 2.78. The van der Waals surface area contributed by atoms with Crippen LogP contribution < -0.4 is 5.32 Å². The number of hydrogen-bond acceptors (Lipinski definition) is 4. The van der Waals surface area contributed by atoms with E-state index >= 15 is 0 Å². The Kier molecular flexibility index (Phi) is 2.90. The Balaban J connectivity index is 2.15. The van der Waals surface area contributed by atoms with Crippen molar-refractivity contribution in [2.75, 3.05) is 5.32 Å². The summed E-state index contributed by atoms with van der Waals surface area (Å²) in [5.41, 5.74) is 1.99. The summed E-state index contributed by atoms with van der Waals surface area (Å²) < 4.78 is 0. The molecule has 0 atom stereocenters. The maximum Gasteiger partial charge on any atom is 0.259 e. The van der Waals surface area contributed by atoms with E-state index in [1.807, 2.05) is 6.92 Å². The van der Waals surface area contributed by atoms with Crippen molar-refractivity contribution in [1.82, 2.24) is 20.4 Å². The first kappa shape index (κ1) is 10.3. The molecule has 0 fully saturated rings. The minimum absolute atomic E-state index is 0.196. The van der Waals surface area contributed by atoms with E-state index in [4.69, 9.17) is 0 Å². The number of aryl methyl sites for hydroxylation is 1. The molecule has 6 nitrogen and oxygen atoms in total. The van der Waals surface area contributed by atoms with Gasteiger partial charge in [0.15, 0.2) is 0 Å². The standard InChI is InChI=1S/C10H11N5O/c1-2-9-8(6-13-15-9)10(16)14-7-3-4-11-12-5-7/h3-6H,2H2,1H3,(H,13,15)(H,11,14,16). The fourth-order valence-corrected chi connectivity index (χ4v) is 1.34. The Morgan fingerprint density at radius 1 is 1.44 bits per heavy atom. The first-order valence-corrected chi connectivity index (χ1v) is 4.91. The monoisotopic (exact) mass is 217 g/mol. The zero-order valence-corrected chi connectivity index (χ0v) is 8.77. The lowest BCUT2D eigenvalue weighted by Gasteiger charge is -2.03. The minimum atomic E-state index is -0.196. The number of H-pyrrole nitrogens is 1. The van der Waals surface area contributed by atoms with E-state index < -0.39 is 0 Å². The number of carbonyl (C=O) groups is 1. The van der Waals surface area contributed by atoms with Crippen LogP contribution in [0.2, 0.25) is 0 Å². The van der Waals surface area contributed by atoms with Gasteiger partial charge in [0.2, 0.25) is 0 Å². The highest BCUT2D eigenvalue weighted by atomic mass is 16.1. The second-order valence-corrected chi connectivity index (χ2v) is 3.20. The molecule has 2 aromatic rings. The third kappa shape index (κ3) is 2.05. The summed E-state index contributed by atoms with van der Waals surface area (Å²) in [6.45, 7) is 1.96. The zero-order valence-electron chi connectivity index (χ0n) is 8.77. The molecule has 0 aliphatic heterocycles. The topological polar surface area (TPSA) is 83.6 Å². The minimum Gasteiger partial charge on any atom is -0.320 e. The van der Waals surface area contributed by atoms with Crippen LogP contribution in [0.15, 0.2) is 24.7 Å². The van der Waals surface area contributed by atoms with Gasteiger partial charge in [-0.15, -0.1) is 0 Å². The van der Waals surface area contributed by atoms with Crippen molar-refractivity contribution in [1.29, 1.82) is 0 Å². The van der Waals surface area contributed by atoms with Crippen LogP contribution in [0.4, 0.5) is 5.69 Å². The molecule has 82 valence electrons. The lowest BCUT2D eigenvalue weighted by atomic mass is 10.2. The molecule has 2 rings (SSSR count). The van der Waals surface area contributed by atoms with E-state index in [0.29, 0.717) is 11.3 Å². The number of rotatable bonds is 3. The van der Waals surface area contributed by atoms with E-state index in [2.05, 4.69) is 25.7 Å². The molecule has 0 saturated carbocycles. The molecular formula is C10H11N5O. The summed E-state index contributed by atoms with van der Waals surface area (Å²) in [5, 5.41) is 16.6. The summed E-state index contributed by atoms with van der Waals surface area (Å²) in [6.07, 6.45) is 5.26. The SMILES string of the molecule is CCc1[nH]ncc1C(=O)Nc1ccnnc1. The Morgan fingerprint density at radius 2 is 2.31 bits per heavy atom. The quantitative estimate of drug-likeness (QED) is 0.803. The van der Waals surface area contributed by atoms with Crippen LogP contribution in [0.3, 0.4) is 0 Å². The number of aromatic nitrogens is 4. The molecule has 1 amide bonds. The Morgan fingerprint density at radius 3 is 3.00 bits per heavy atom. The van der Waals surface area contributed by atoms with Gasteiger partial charge in [0.25, 0.3) is 5.91 Å². The molecule has 0 saturated heterocycles. The number of aromatic amines is 1. The molecular weight excluding hydrogens is 206 g/mol. The number of anilines is 1. The fourth-order valence-electron chi connectivity index (χ4n) is 1.34. The second kappa shape index (κ2) is 4.52. The van der Waals surface area contributed by atoms with Crippen LogP contribution in [0.25, 0.3) is 0 Å². The van der Waals surface area contributed by atoms with Crippen molar-refractivity contribution in [3.8, 4) is 0 Å². The van der Waals surface area contributed by atoms with Gasteiger partial charge in [-0.1, -0.05) is 6.92 Å². The molecule has 16 heavy (non-hydrogen) atoms. The molecule has 2 heterocycles. The van der Waals surface area contributed by atoms with Crippen LogP contribution in [-0.4, -0.2) is 26.3 Å². The second-order valence-electron chi connectivity index (χ2n) is 3.20.